The van der Waals surface area contributed by atoms with Gasteiger partial charge in [-0.25, -0.2) is 4.79 Å². The standard InChI is InChI=1S/C12H15NO3/c1-9-4-2-3-5-11(9)13-10(6-7-14)8-16-12(13)15/h2-5,10,14H,6-8H2,1H3. The number of para-hydroxylation sites is 1. The Morgan fingerprint density at radius 3 is 2.94 bits per heavy atom. The molecule has 1 aromatic rings. The maximum Gasteiger partial charge on any atom is 0.414 e. The SMILES string of the molecule is Cc1ccccc1N1C(=O)OCC1CCO. The molecule has 1 N–H and O–H groups in total. The molecule has 0 saturated carbocycles. The molecule has 1 heterocycles. The van der Waals surface area contributed by atoms with Gasteiger partial charge in [0.05, 0.1) is 11.7 Å². The van der Waals surface area contributed by atoms with Crippen LogP contribution in [-0.4, -0.2) is 30.5 Å². The Morgan fingerprint density at radius 2 is 2.25 bits per heavy atom. The molecule has 0 bridgehead atoms. The minimum absolute atomic E-state index is 0.0569. The zero-order valence-electron chi connectivity index (χ0n) is 9.22. The van der Waals surface area contributed by atoms with Gasteiger partial charge in [0.25, 0.3) is 0 Å². The van der Waals surface area contributed by atoms with E-state index in [2.05, 4.69) is 0 Å². The van der Waals surface area contributed by atoms with Crippen molar-refractivity contribution < 1.29 is 14.6 Å². The number of aliphatic hydroxyl groups excluding tert-OH is 1. The van der Waals surface area contributed by atoms with Gasteiger partial charge in [-0.05, 0) is 25.0 Å². The molecule has 0 aromatic heterocycles. The van der Waals surface area contributed by atoms with E-state index in [1.54, 1.807) is 4.90 Å². The highest BCUT2D eigenvalue weighted by molar-refractivity contribution is 5.91. The molecule has 1 fully saturated rings. The lowest BCUT2D eigenvalue weighted by Crippen LogP contribution is -2.34. The molecule has 4 nitrogen and oxygen atoms in total. The molecule has 1 amide bonds. The van der Waals surface area contributed by atoms with Gasteiger partial charge in [0.2, 0.25) is 0 Å². The molecule has 86 valence electrons. The molecule has 0 spiro atoms. The Kier molecular flexibility index (Phi) is 3.10. The normalized spacial score (nSPS) is 20.0. The fourth-order valence-corrected chi connectivity index (χ4v) is 1.95. The highest BCUT2D eigenvalue weighted by Gasteiger charge is 2.34. The van der Waals surface area contributed by atoms with E-state index in [1.807, 2.05) is 31.2 Å². The topological polar surface area (TPSA) is 49.8 Å². The molecular formula is C12H15NO3. The zero-order chi connectivity index (χ0) is 11.5. The second-order valence-electron chi connectivity index (χ2n) is 3.90. The molecular weight excluding hydrogens is 206 g/mol. The number of aliphatic hydroxyl groups is 1. The maximum absolute atomic E-state index is 11.6. The van der Waals surface area contributed by atoms with Crippen LogP contribution in [-0.2, 0) is 4.74 Å². The summed E-state index contributed by atoms with van der Waals surface area (Å²) in [5, 5.41) is 8.95. The van der Waals surface area contributed by atoms with Crippen LogP contribution in [0.1, 0.15) is 12.0 Å². The second kappa shape index (κ2) is 4.53. The minimum Gasteiger partial charge on any atom is -0.447 e. The quantitative estimate of drug-likeness (QED) is 0.845. The van der Waals surface area contributed by atoms with E-state index >= 15 is 0 Å². The van der Waals surface area contributed by atoms with Crippen LogP contribution in [0.5, 0.6) is 0 Å². The molecule has 4 heteroatoms. The molecule has 1 atom stereocenters. The van der Waals surface area contributed by atoms with Crippen molar-refractivity contribution in [3.63, 3.8) is 0 Å². The average molecular weight is 221 g/mol. The number of rotatable bonds is 3. The fourth-order valence-electron chi connectivity index (χ4n) is 1.95. The molecule has 0 radical (unpaired) electrons. The summed E-state index contributed by atoms with van der Waals surface area (Å²) >= 11 is 0. The van der Waals surface area contributed by atoms with Gasteiger partial charge in [-0.15, -0.1) is 0 Å². The lowest BCUT2D eigenvalue weighted by Gasteiger charge is -2.22. The number of ether oxygens (including phenoxy) is 1. The van der Waals surface area contributed by atoms with E-state index in [9.17, 15) is 4.79 Å². The molecule has 1 aliphatic rings. The number of amides is 1. The Bertz CT molecular complexity index is 392. The molecule has 1 saturated heterocycles. The molecule has 0 aliphatic carbocycles. The first kappa shape index (κ1) is 11.0. The van der Waals surface area contributed by atoms with Crippen LogP contribution < -0.4 is 4.90 Å². The number of cyclic esters (lactones) is 1. The lowest BCUT2D eigenvalue weighted by molar-refractivity contribution is 0.176. The van der Waals surface area contributed by atoms with Crippen molar-refractivity contribution in [2.45, 2.75) is 19.4 Å². The van der Waals surface area contributed by atoms with Gasteiger partial charge in [-0.3, -0.25) is 4.90 Å². The fraction of sp³-hybridized carbons (Fsp3) is 0.417. The van der Waals surface area contributed by atoms with Crippen LogP contribution >= 0.6 is 0 Å². The summed E-state index contributed by atoms with van der Waals surface area (Å²) in [5.41, 5.74) is 1.90. The number of aryl methyl sites for hydroxylation is 1. The van der Waals surface area contributed by atoms with Gasteiger partial charge in [0.15, 0.2) is 0 Å². The number of hydrogen-bond donors (Lipinski definition) is 1. The third kappa shape index (κ3) is 1.88. The first-order chi connectivity index (χ1) is 7.74. The van der Waals surface area contributed by atoms with Gasteiger partial charge in [0.1, 0.15) is 6.61 Å². The van der Waals surface area contributed by atoms with Crippen molar-refractivity contribution in [3.8, 4) is 0 Å². The number of carbonyl (C=O) groups is 1. The average Bonchev–Trinajstić information content (AvgIpc) is 2.62. The van der Waals surface area contributed by atoms with E-state index < -0.39 is 0 Å². The third-order valence-corrected chi connectivity index (χ3v) is 2.80. The van der Waals surface area contributed by atoms with E-state index in [1.165, 1.54) is 0 Å². The number of carbonyl (C=O) groups excluding carboxylic acids is 1. The van der Waals surface area contributed by atoms with Gasteiger partial charge in [-0.1, -0.05) is 18.2 Å². The predicted molar refractivity (Wildman–Crippen MR) is 60.5 cm³/mol. The summed E-state index contributed by atoms with van der Waals surface area (Å²) in [6.45, 7) is 2.37. The summed E-state index contributed by atoms with van der Waals surface area (Å²) in [4.78, 5) is 13.3. The van der Waals surface area contributed by atoms with Crippen LogP contribution in [0, 0.1) is 6.92 Å². The molecule has 1 unspecified atom stereocenters. The number of hydrogen-bond acceptors (Lipinski definition) is 3. The van der Waals surface area contributed by atoms with Crippen LogP contribution in [0.25, 0.3) is 0 Å². The number of benzene rings is 1. The summed E-state index contributed by atoms with van der Waals surface area (Å²) in [6.07, 6.45) is 0.216. The Balaban J connectivity index is 2.30. The summed E-state index contributed by atoms with van der Waals surface area (Å²) in [7, 11) is 0. The summed E-state index contributed by atoms with van der Waals surface area (Å²) < 4.78 is 5.02. The van der Waals surface area contributed by atoms with Gasteiger partial charge in [0, 0.05) is 6.61 Å². The lowest BCUT2D eigenvalue weighted by atomic mass is 10.1. The summed E-state index contributed by atoms with van der Waals surface area (Å²) in [6, 6.07) is 7.62. The molecule has 1 aromatic carbocycles. The largest absolute Gasteiger partial charge is 0.447 e. The molecule has 1 aliphatic heterocycles. The van der Waals surface area contributed by atoms with Gasteiger partial charge < -0.3 is 9.84 Å². The maximum atomic E-state index is 11.6. The Labute approximate surface area is 94.4 Å². The Hall–Kier alpha value is -1.55. The monoisotopic (exact) mass is 221 g/mol. The first-order valence-electron chi connectivity index (χ1n) is 5.36. The van der Waals surface area contributed by atoms with E-state index in [-0.39, 0.29) is 18.7 Å². The number of nitrogens with zero attached hydrogens (tertiary/aromatic N) is 1. The number of anilines is 1. The van der Waals surface area contributed by atoms with Gasteiger partial charge >= 0.3 is 6.09 Å². The smallest absolute Gasteiger partial charge is 0.414 e. The Morgan fingerprint density at radius 1 is 1.50 bits per heavy atom. The van der Waals surface area contributed by atoms with Gasteiger partial charge in [-0.2, -0.15) is 0 Å². The van der Waals surface area contributed by atoms with E-state index in [4.69, 9.17) is 9.84 Å². The zero-order valence-corrected chi connectivity index (χ0v) is 9.22. The van der Waals surface area contributed by atoms with Crippen LogP contribution in [0.3, 0.4) is 0 Å². The second-order valence-corrected chi connectivity index (χ2v) is 3.90. The van der Waals surface area contributed by atoms with Crippen molar-refractivity contribution >= 4 is 11.8 Å². The van der Waals surface area contributed by atoms with E-state index in [0.29, 0.717) is 13.0 Å². The first-order valence-corrected chi connectivity index (χ1v) is 5.36. The van der Waals surface area contributed by atoms with Crippen molar-refractivity contribution in [2.75, 3.05) is 18.1 Å². The van der Waals surface area contributed by atoms with Crippen molar-refractivity contribution in [1.29, 1.82) is 0 Å². The molecule has 16 heavy (non-hydrogen) atoms. The highest BCUT2D eigenvalue weighted by Crippen LogP contribution is 2.27. The highest BCUT2D eigenvalue weighted by atomic mass is 16.6. The third-order valence-electron chi connectivity index (χ3n) is 2.80. The van der Waals surface area contributed by atoms with E-state index in [0.717, 1.165) is 11.3 Å². The van der Waals surface area contributed by atoms with Crippen LogP contribution in [0.2, 0.25) is 0 Å². The van der Waals surface area contributed by atoms with Crippen molar-refractivity contribution in [3.05, 3.63) is 29.8 Å². The van der Waals surface area contributed by atoms with Crippen molar-refractivity contribution in [1.82, 2.24) is 0 Å². The van der Waals surface area contributed by atoms with Crippen molar-refractivity contribution in [2.24, 2.45) is 0 Å². The van der Waals surface area contributed by atoms with Crippen LogP contribution in [0.15, 0.2) is 24.3 Å². The molecule has 2 rings (SSSR count). The summed E-state index contributed by atoms with van der Waals surface area (Å²) in [5.74, 6) is 0. The van der Waals surface area contributed by atoms with Crippen LogP contribution in [0.4, 0.5) is 10.5 Å². The predicted octanol–water partition coefficient (Wildman–Crippen LogP) is 1.70. The minimum atomic E-state index is -0.326.